The van der Waals surface area contributed by atoms with Crippen LogP contribution < -0.4 is 0 Å². The van der Waals surface area contributed by atoms with Crippen LogP contribution in [-0.2, 0) is 6.54 Å². The first kappa shape index (κ1) is 9.58. The Morgan fingerprint density at radius 3 is 3.00 bits per heavy atom. The molecular formula is C13H15N3. The molecular weight excluding hydrogens is 198 g/mol. The molecule has 2 aromatic rings. The fourth-order valence-electron chi connectivity index (χ4n) is 2.34. The number of hydrogen-bond acceptors (Lipinski definition) is 2. The predicted octanol–water partition coefficient (Wildman–Crippen LogP) is 2.84. The maximum Gasteiger partial charge on any atom is 0.112 e. The first-order chi connectivity index (χ1) is 7.84. The number of rotatable bonds is 1. The summed E-state index contributed by atoms with van der Waals surface area (Å²) in [4.78, 5) is 9.04. The molecule has 0 unspecified atom stereocenters. The van der Waals surface area contributed by atoms with Gasteiger partial charge in [0.25, 0.3) is 0 Å². The molecule has 0 saturated heterocycles. The summed E-state index contributed by atoms with van der Waals surface area (Å²) in [5, 5.41) is 0. The SMILES string of the molecule is C[C@@H]1CCCn2cc(-c3ccccn3)nc21. The molecule has 1 aliphatic heterocycles. The summed E-state index contributed by atoms with van der Waals surface area (Å²) in [6.45, 7) is 3.35. The van der Waals surface area contributed by atoms with Crippen molar-refractivity contribution in [3.8, 4) is 11.4 Å². The van der Waals surface area contributed by atoms with E-state index in [0.717, 1.165) is 17.9 Å². The number of fused-ring (bicyclic) bond motifs is 1. The van der Waals surface area contributed by atoms with Crippen molar-refractivity contribution in [1.29, 1.82) is 0 Å². The molecule has 0 radical (unpaired) electrons. The Labute approximate surface area is 95.2 Å². The summed E-state index contributed by atoms with van der Waals surface area (Å²) >= 11 is 0. The summed E-state index contributed by atoms with van der Waals surface area (Å²) < 4.78 is 2.28. The topological polar surface area (TPSA) is 30.7 Å². The molecule has 1 aliphatic rings. The van der Waals surface area contributed by atoms with Crippen molar-refractivity contribution in [3.63, 3.8) is 0 Å². The highest BCUT2D eigenvalue weighted by atomic mass is 15.1. The van der Waals surface area contributed by atoms with E-state index >= 15 is 0 Å². The lowest BCUT2D eigenvalue weighted by molar-refractivity contribution is 0.463. The van der Waals surface area contributed by atoms with E-state index in [4.69, 9.17) is 4.98 Å². The molecule has 0 aliphatic carbocycles. The molecule has 0 spiro atoms. The van der Waals surface area contributed by atoms with Crippen LogP contribution >= 0.6 is 0 Å². The monoisotopic (exact) mass is 213 g/mol. The minimum Gasteiger partial charge on any atom is -0.334 e. The van der Waals surface area contributed by atoms with E-state index in [-0.39, 0.29) is 0 Å². The second-order valence-corrected chi connectivity index (χ2v) is 4.44. The van der Waals surface area contributed by atoms with Gasteiger partial charge in [0.2, 0.25) is 0 Å². The maximum absolute atomic E-state index is 4.70. The molecule has 0 fully saturated rings. The Kier molecular flexibility index (Phi) is 2.24. The van der Waals surface area contributed by atoms with Crippen molar-refractivity contribution in [2.75, 3.05) is 0 Å². The van der Waals surface area contributed by atoms with Gasteiger partial charge in [-0.2, -0.15) is 0 Å². The van der Waals surface area contributed by atoms with Crippen molar-refractivity contribution in [2.45, 2.75) is 32.2 Å². The third kappa shape index (κ3) is 1.52. The minimum atomic E-state index is 0.575. The molecule has 1 atom stereocenters. The lowest BCUT2D eigenvalue weighted by Crippen LogP contribution is -2.12. The zero-order valence-corrected chi connectivity index (χ0v) is 9.43. The van der Waals surface area contributed by atoms with Crippen LogP contribution in [0.4, 0.5) is 0 Å². The molecule has 3 heterocycles. The number of aryl methyl sites for hydroxylation is 1. The highest BCUT2D eigenvalue weighted by Gasteiger charge is 2.19. The number of imidazole rings is 1. The lowest BCUT2D eigenvalue weighted by Gasteiger charge is -2.19. The average molecular weight is 213 g/mol. The standard InChI is InChI=1S/C13H15N3/c1-10-5-4-8-16-9-12(15-13(10)16)11-6-2-3-7-14-11/h2-3,6-7,9-10H,4-5,8H2,1H3/t10-/m1/s1. The van der Waals surface area contributed by atoms with E-state index in [1.807, 2.05) is 24.4 Å². The van der Waals surface area contributed by atoms with Crippen LogP contribution in [0.3, 0.4) is 0 Å². The van der Waals surface area contributed by atoms with E-state index in [1.54, 1.807) is 0 Å². The van der Waals surface area contributed by atoms with E-state index in [1.165, 1.54) is 18.7 Å². The highest BCUT2D eigenvalue weighted by Crippen LogP contribution is 2.28. The van der Waals surface area contributed by atoms with Gasteiger partial charge in [-0.15, -0.1) is 0 Å². The molecule has 16 heavy (non-hydrogen) atoms. The van der Waals surface area contributed by atoms with Gasteiger partial charge in [0, 0.05) is 24.9 Å². The fourth-order valence-corrected chi connectivity index (χ4v) is 2.34. The van der Waals surface area contributed by atoms with E-state index in [0.29, 0.717) is 5.92 Å². The Bertz CT molecular complexity index is 487. The number of aromatic nitrogens is 3. The summed E-state index contributed by atoms with van der Waals surface area (Å²) in [7, 11) is 0. The summed E-state index contributed by atoms with van der Waals surface area (Å²) in [5.41, 5.74) is 1.97. The molecule has 2 aromatic heterocycles. The Morgan fingerprint density at radius 2 is 2.25 bits per heavy atom. The van der Waals surface area contributed by atoms with Crippen LogP contribution in [0.1, 0.15) is 31.5 Å². The van der Waals surface area contributed by atoms with E-state index in [9.17, 15) is 0 Å². The summed E-state index contributed by atoms with van der Waals surface area (Å²) in [5.74, 6) is 1.79. The second-order valence-electron chi connectivity index (χ2n) is 4.44. The van der Waals surface area contributed by atoms with Gasteiger partial charge in [0.1, 0.15) is 11.5 Å². The van der Waals surface area contributed by atoms with Gasteiger partial charge >= 0.3 is 0 Å². The van der Waals surface area contributed by atoms with Gasteiger partial charge in [0.05, 0.1) is 5.69 Å². The van der Waals surface area contributed by atoms with Gasteiger partial charge in [-0.25, -0.2) is 4.98 Å². The zero-order chi connectivity index (χ0) is 11.0. The molecule has 0 N–H and O–H groups in total. The first-order valence-electron chi connectivity index (χ1n) is 5.83. The molecule has 3 nitrogen and oxygen atoms in total. The van der Waals surface area contributed by atoms with Gasteiger partial charge in [-0.1, -0.05) is 13.0 Å². The Morgan fingerprint density at radius 1 is 1.31 bits per heavy atom. The maximum atomic E-state index is 4.70. The Hall–Kier alpha value is -1.64. The molecule has 0 saturated carbocycles. The van der Waals surface area contributed by atoms with Gasteiger partial charge < -0.3 is 4.57 Å². The van der Waals surface area contributed by atoms with Crippen LogP contribution in [0, 0.1) is 0 Å². The predicted molar refractivity (Wildman–Crippen MR) is 63.1 cm³/mol. The highest BCUT2D eigenvalue weighted by molar-refractivity contribution is 5.53. The third-order valence-electron chi connectivity index (χ3n) is 3.21. The van der Waals surface area contributed by atoms with E-state index in [2.05, 4.69) is 22.7 Å². The molecule has 0 amide bonds. The normalized spacial score (nSPS) is 19.4. The molecule has 3 heteroatoms. The lowest BCUT2D eigenvalue weighted by atomic mass is 10.0. The van der Waals surface area contributed by atoms with Crippen LogP contribution in [0.5, 0.6) is 0 Å². The van der Waals surface area contributed by atoms with Crippen LogP contribution in [0.25, 0.3) is 11.4 Å². The largest absolute Gasteiger partial charge is 0.334 e. The summed E-state index contributed by atoms with van der Waals surface area (Å²) in [6, 6.07) is 5.95. The smallest absolute Gasteiger partial charge is 0.112 e. The zero-order valence-electron chi connectivity index (χ0n) is 9.43. The van der Waals surface area contributed by atoms with Gasteiger partial charge in [-0.3, -0.25) is 4.98 Å². The van der Waals surface area contributed by atoms with Crippen molar-refractivity contribution in [3.05, 3.63) is 36.4 Å². The van der Waals surface area contributed by atoms with E-state index < -0.39 is 0 Å². The molecule has 3 rings (SSSR count). The third-order valence-corrected chi connectivity index (χ3v) is 3.21. The van der Waals surface area contributed by atoms with Crippen LogP contribution in [0.15, 0.2) is 30.6 Å². The van der Waals surface area contributed by atoms with Gasteiger partial charge in [-0.05, 0) is 25.0 Å². The number of pyridine rings is 1. The average Bonchev–Trinajstić information content (AvgIpc) is 2.76. The van der Waals surface area contributed by atoms with Crippen molar-refractivity contribution >= 4 is 0 Å². The molecule has 0 bridgehead atoms. The first-order valence-corrected chi connectivity index (χ1v) is 5.83. The van der Waals surface area contributed by atoms with Crippen molar-refractivity contribution < 1.29 is 0 Å². The number of hydrogen-bond donors (Lipinski definition) is 0. The van der Waals surface area contributed by atoms with Gasteiger partial charge in [0.15, 0.2) is 0 Å². The quantitative estimate of drug-likeness (QED) is 0.729. The van der Waals surface area contributed by atoms with Crippen LogP contribution in [-0.4, -0.2) is 14.5 Å². The second kappa shape index (κ2) is 3.74. The molecule has 0 aromatic carbocycles. The Balaban J connectivity index is 2.05. The number of nitrogens with zero attached hydrogens (tertiary/aromatic N) is 3. The van der Waals surface area contributed by atoms with Crippen molar-refractivity contribution in [2.24, 2.45) is 0 Å². The van der Waals surface area contributed by atoms with Crippen molar-refractivity contribution in [1.82, 2.24) is 14.5 Å². The minimum absolute atomic E-state index is 0.575. The fraction of sp³-hybridized carbons (Fsp3) is 0.385. The summed E-state index contributed by atoms with van der Waals surface area (Å²) in [6.07, 6.45) is 6.45. The molecule has 82 valence electrons. The van der Waals surface area contributed by atoms with Crippen LogP contribution in [0.2, 0.25) is 0 Å².